The number of carbonyl (C=O) groups is 1. The van der Waals surface area contributed by atoms with Crippen molar-refractivity contribution in [3.8, 4) is 5.69 Å². The Balaban J connectivity index is 1.75. The smallest absolute Gasteiger partial charge is 0.315 e. The fourth-order valence-electron chi connectivity index (χ4n) is 4.48. The maximum absolute atomic E-state index is 13.3. The lowest BCUT2D eigenvalue weighted by Gasteiger charge is -2.44. The van der Waals surface area contributed by atoms with E-state index in [1.807, 2.05) is 54.2 Å². The van der Waals surface area contributed by atoms with Crippen molar-refractivity contribution in [3.05, 3.63) is 65.5 Å². The lowest BCUT2D eigenvalue weighted by atomic mass is 9.75. The number of aryl methyl sites for hydroxylation is 1. The van der Waals surface area contributed by atoms with E-state index in [0.717, 1.165) is 48.4 Å². The number of anilines is 1. The van der Waals surface area contributed by atoms with E-state index < -0.39 is 5.54 Å². The molecule has 2 aromatic carbocycles. The molecule has 0 spiro atoms. The molecule has 3 aromatic rings. The molecule has 1 heterocycles. The van der Waals surface area contributed by atoms with Gasteiger partial charge in [-0.05, 0) is 85.2 Å². The second kappa shape index (κ2) is 8.49. The van der Waals surface area contributed by atoms with E-state index in [2.05, 4.69) is 47.7 Å². The van der Waals surface area contributed by atoms with Crippen LogP contribution in [0.3, 0.4) is 0 Å². The van der Waals surface area contributed by atoms with Crippen LogP contribution < -0.4 is 5.32 Å². The van der Waals surface area contributed by atoms with Gasteiger partial charge in [0.15, 0.2) is 5.82 Å². The van der Waals surface area contributed by atoms with Crippen molar-refractivity contribution in [2.24, 2.45) is 5.92 Å². The molecule has 0 aliphatic heterocycles. The standard InChI is InChI=1S/C24H30N6O/c1-17-13-15-24(16-14-17,29(4)23(31)25-20-10-6-5-7-11-20)22-26-27-28-30(22)21-12-8-9-18(2)19(21)3/h5-12,17H,13-16H2,1-4H3,(H,25,31). The highest BCUT2D eigenvalue weighted by Gasteiger charge is 2.46. The summed E-state index contributed by atoms with van der Waals surface area (Å²) in [5.74, 6) is 1.34. The van der Waals surface area contributed by atoms with E-state index in [4.69, 9.17) is 0 Å². The number of nitrogens with one attached hydrogen (secondary N) is 1. The fraction of sp³-hybridized carbons (Fsp3) is 0.417. The normalized spacial score (nSPS) is 21.0. The number of benzene rings is 2. The Morgan fingerprint density at radius 1 is 1.10 bits per heavy atom. The van der Waals surface area contributed by atoms with Gasteiger partial charge >= 0.3 is 6.03 Å². The predicted molar refractivity (Wildman–Crippen MR) is 121 cm³/mol. The highest BCUT2D eigenvalue weighted by atomic mass is 16.2. The Labute approximate surface area is 183 Å². The molecule has 7 heteroatoms. The van der Waals surface area contributed by atoms with Gasteiger partial charge in [0.1, 0.15) is 5.54 Å². The van der Waals surface area contributed by atoms with E-state index in [0.29, 0.717) is 5.92 Å². The summed E-state index contributed by atoms with van der Waals surface area (Å²) in [6, 6.07) is 15.5. The Bertz CT molecular complexity index is 1050. The summed E-state index contributed by atoms with van der Waals surface area (Å²) in [5.41, 5.74) is 3.46. The molecule has 0 atom stereocenters. The molecular weight excluding hydrogens is 388 g/mol. The van der Waals surface area contributed by atoms with Gasteiger partial charge in [-0.1, -0.05) is 37.3 Å². The van der Waals surface area contributed by atoms with Crippen LogP contribution in [-0.2, 0) is 5.54 Å². The summed E-state index contributed by atoms with van der Waals surface area (Å²) >= 11 is 0. The summed E-state index contributed by atoms with van der Waals surface area (Å²) < 4.78 is 1.82. The third-order valence-electron chi connectivity index (χ3n) is 6.76. The number of rotatable bonds is 4. The van der Waals surface area contributed by atoms with Crippen LogP contribution in [0.25, 0.3) is 5.69 Å². The van der Waals surface area contributed by atoms with Gasteiger partial charge in [0.05, 0.1) is 5.69 Å². The number of hydrogen-bond acceptors (Lipinski definition) is 4. The van der Waals surface area contributed by atoms with E-state index in [1.165, 1.54) is 5.56 Å². The van der Waals surface area contributed by atoms with Gasteiger partial charge in [0, 0.05) is 12.7 Å². The van der Waals surface area contributed by atoms with Gasteiger partial charge in [-0.15, -0.1) is 5.10 Å². The van der Waals surface area contributed by atoms with E-state index in [-0.39, 0.29) is 6.03 Å². The van der Waals surface area contributed by atoms with Crippen LogP contribution in [0.5, 0.6) is 0 Å². The first-order valence-electron chi connectivity index (χ1n) is 10.9. The minimum atomic E-state index is -0.578. The molecule has 31 heavy (non-hydrogen) atoms. The number of nitrogens with zero attached hydrogens (tertiary/aromatic N) is 5. The topological polar surface area (TPSA) is 75.9 Å². The summed E-state index contributed by atoms with van der Waals surface area (Å²) in [5, 5.41) is 15.9. The lowest BCUT2D eigenvalue weighted by Crippen LogP contribution is -2.52. The van der Waals surface area contributed by atoms with E-state index in [1.54, 1.807) is 4.90 Å². The van der Waals surface area contributed by atoms with Crippen molar-refractivity contribution < 1.29 is 4.79 Å². The molecule has 1 aliphatic carbocycles. The quantitative estimate of drug-likeness (QED) is 0.657. The Morgan fingerprint density at radius 3 is 2.52 bits per heavy atom. The van der Waals surface area contributed by atoms with Crippen LogP contribution in [0.15, 0.2) is 48.5 Å². The second-order valence-corrected chi connectivity index (χ2v) is 8.70. The van der Waals surface area contributed by atoms with Crippen molar-refractivity contribution in [3.63, 3.8) is 0 Å². The molecule has 0 radical (unpaired) electrons. The molecule has 2 amide bonds. The molecule has 1 N–H and O–H groups in total. The molecule has 162 valence electrons. The van der Waals surface area contributed by atoms with Crippen molar-refractivity contribution in [2.75, 3.05) is 12.4 Å². The zero-order valence-electron chi connectivity index (χ0n) is 18.7. The zero-order chi connectivity index (χ0) is 22.0. The first kappa shape index (κ1) is 21.0. The van der Waals surface area contributed by atoms with Gasteiger partial charge in [0.2, 0.25) is 0 Å². The fourth-order valence-corrected chi connectivity index (χ4v) is 4.48. The molecule has 7 nitrogen and oxygen atoms in total. The molecular formula is C24H30N6O. The molecule has 4 rings (SSSR count). The van der Waals surface area contributed by atoms with Crippen molar-refractivity contribution in [1.29, 1.82) is 0 Å². The van der Waals surface area contributed by atoms with Crippen molar-refractivity contribution >= 4 is 11.7 Å². The number of urea groups is 1. The van der Waals surface area contributed by atoms with E-state index in [9.17, 15) is 4.79 Å². The first-order valence-corrected chi connectivity index (χ1v) is 10.9. The number of amides is 2. The van der Waals surface area contributed by atoms with Gasteiger partial charge in [-0.2, -0.15) is 4.68 Å². The van der Waals surface area contributed by atoms with Crippen LogP contribution in [0, 0.1) is 19.8 Å². The second-order valence-electron chi connectivity index (χ2n) is 8.70. The van der Waals surface area contributed by atoms with Gasteiger partial charge < -0.3 is 10.2 Å². The summed E-state index contributed by atoms with van der Waals surface area (Å²) in [4.78, 5) is 15.1. The largest absolute Gasteiger partial charge is 0.322 e. The number of carbonyl (C=O) groups excluding carboxylic acids is 1. The highest BCUT2D eigenvalue weighted by molar-refractivity contribution is 5.89. The number of aromatic nitrogens is 4. The minimum absolute atomic E-state index is 0.156. The summed E-state index contributed by atoms with van der Waals surface area (Å²) in [6.07, 6.45) is 3.67. The molecule has 0 saturated heterocycles. The van der Waals surface area contributed by atoms with Gasteiger partial charge in [0.25, 0.3) is 0 Å². The lowest BCUT2D eigenvalue weighted by molar-refractivity contribution is 0.0786. The number of para-hydroxylation sites is 1. The van der Waals surface area contributed by atoms with Crippen LogP contribution >= 0.6 is 0 Å². The van der Waals surface area contributed by atoms with Crippen LogP contribution in [0.1, 0.15) is 49.6 Å². The predicted octanol–water partition coefficient (Wildman–Crippen LogP) is 4.85. The number of hydrogen-bond donors (Lipinski definition) is 1. The third kappa shape index (κ3) is 3.92. The SMILES string of the molecule is Cc1cccc(-n2nnnc2C2(N(C)C(=O)Nc3ccccc3)CCC(C)CC2)c1C. The molecule has 1 fully saturated rings. The van der Waals surface area contributed by atoms with E-state index >= 15 is 0 Å². The van der Waals surface area contributed by atoms with Crippen LogP contribution in [-0.4, -0.2) is 38.2 Å². The zero-order valence-corrected chi connectivity index (χ0v) is 18.7. The molecule has 1 saturated carbocycles. The van der Waals surface area contributed by atoms with Crippen LogP contribution in [0.4, 0.5) is 10.5 Å². The van der Waals surface area contributed by atoms with Crippen molar-refractivity contribution in [2.45, 2.75) is 52.0 Å². The molecule has 1 aromatic heterocycles. The highest BCUT2D eigenvalue weighted by Crippen LogP contribution is 2.43. The Morgan fingerprint density at radius 2 is 1.81 bits per heavy atom. The average molecular weight is 419 g/mol. The van der Waals surface area contributed by atoms with Gasteiger partial charge in [-0.3, -0.25) is 0 Å². The summed E-state index contributed by atoms with van der Waals surface area (Å²) in [6.45, 7) is 6.43. The maximum Gasteiger partial charge on any atom is 0.322 e. The molecule has 1 aliphatic rings. The minimum Gasteiger partial charge on any atom is -0.315 e. The molecule has 0 bridgehead atoms. The first-order chi connectivity index (χ1) is 14.9. The van der Waals surface area contributed by atoms with Crippen molar-refractivity contribution in [1.82, 2.24) is 25.1 Å². The maximum atomic E-state index is 13.3. The number of tetrazole rings is 1. The monoisotopic (exact) mass is 418 g/mol. The Kier molecular flexibility index (Phi) is 5.76. The third-order valence-corrected chi connectivity index (χ3v) is 6.76. The van der Waals surface area contributed by atoms with Crippen LogP contribution in [0.2, 0.25) is 0 Å². The van der Waals surface area contributed by atoms with Gasteiger partial charge in [-0.25, -0.2) is 4.79 Å². The average Bonchev–Trinajstić information content (AvgIpc) is 3.27. The summed E-state index contributed by atoms with van der Waals surface area (Å²) in [7, 11) is 1.86. The molecule has 0 unspecified atom stereocenters. The Hall–Kier alpha value is -3.22.